The van der Waals surface area contributed by atoms with Crippen LogP contribution in [0.1, 0.15) is 0 Å². The van der Waals surface area contributed by atoms with Crippen molar-refractivity contribution >= 4 is 0 Å². The molecule has 13 heavy (non-hydrogen) atoms. The number of hydrogen-bond donors (Lipinski definition) is 1. The second-order valence-electron chi connectivity index (χ2n) is 2.72. The van der Waals surface area contributed by atoms with Crippen molar-refractivity contribution in [2.75, 3.05) is 32.7 Å². The van der Waals surface area contributed by atoms with Crippen LogP contribution in [0.15, 0.2) is 25.3 Å². The smallest absolute Gasteiger partial charge is 0.0574 e. The molecule has 0 aliphatic rings. The van der Waals surface area contributed by atoms with Crippen molar-refractivity contribution < 1.29 is 0 Å². The van der Waals surface area contributed by atoms with Gasteiger partial charge in [0.25, 0.3) is 0 Å². The van der Waals surface area contributed by atoms with Gasteiger partial charge < -0.3 is 5.32 Å². The fraction of sp³-hybridized carbons (Fsp3) is 0.455. The minimum Gasteiger partial charge on any atom is -0.305 e. The first kappa shape index (κ1) is 12.0. The Hall–Kier alpha value is -1.04. The van der Waals surface area contributed by atoms with E-state index in [2.05, 4.69) is 29.3 Å². The maximum atomic E-state index is 5.10. The van der Waals surface area contributed by atoms with Crippen LogP contribution in [0, 0.1) is 12.3 Å². The Morgan fingerprint density at radius 1 is 1.31 bits per heavy atom. The number of nitrogens with one attached hydrogen (secondary N) is 1. The number of terminal acetylenes is 1. The highest BCUT2D eigenvalue weighted by Crippen LogP contribution is 1.87. The average Bonchev–Trinajstić information content (AvgIpc) is 2.13. The first-order valence-corrected chi connectivity index (χ1v) is 4.43. The van der Waals surface area contributed by atoms with Crippen LogP contribution in [0.4, 0.5) is 0 Å². The van der Waals surface area contributed by atoms with Gasteiger partial charge in [0.05, 0.1) is 6.54 Å². The summed E-state index contributed by atoms with van der Waals surface area (Å²) in [5, 5.41) is 3.14. The highest BCUT2D eigenvalue weighted by atomic mass is 15.1. The molecule has 0 saturated heterocycles. The second kappa shape index (κ2) is 9.05. The van der Waals surface area contributed by atoms with E-state index >= 15 is 0 Å². The molecule has 2 heteroatoms. The zero-order valence-corrected chi connectivity index (χ0v) is 8.13. The van der Waals surface area contributed by atoms with Gasteiger partial charge in [-0.15, -0.1) is 19.6 Å². The highest BCUT2D eigenvalue weighted by molar-refractivity contribution is 4.87. The lowest BCUT2D eigenvalue weighted by Gasteiger charge is -2.18. The van der Waals surface area contributed by atoms with E-state index in [0.29, 0.717) is 6.54 Å². The van der Waals surface area contributed by atoms with Gasteiger partial charge in [-0.3, -0.25) is 4.90 Å². The summed E-state index contributed by atoms with van der Waals surface area (Å²) in [6.45, 7) is 11.7. The van der Waals surface area contributed by atoms with Gasteiger partial charge in [0.2, 0.25) is 0 Å². The van der Waals surface area contributed by atoms with Crippen molar-refractivity contribution in [3.05, 3.63) is 25.3 Å². The molecule has 0 saturated carbocycles. The Bertz CT molecular complexity index is 169. The minimum atomic E-state index is 0.635. The van der Waals surface area contributed by atoms with Gasteiger partial charge >= 0.3 is 0 Å². The Morgan fingerprint density at radius 3 is 2.38 bits per heavy atom. The van der Waals surface area contributed by atoms with Crippen LogP contribution in [-0.2, 0) is 0 Å². The molecule has 2 nitrogen and oxygen atoms in total. The van der Waals surface area contributed by atoms with Crippen LogP contribution >= 0.6 is 0 Å². The van der Waals surface area contributed by atoms with Gasteiger partial charge in [-0.05, 0) is 0 Å². The summed E-state index contributed by atoms with van der Waals surface area (Å²) in [7, 11) is 0. The van der Waals surface area contributed by atoms with Crippen LogP contribution < -0.4 is 5.32 Å². The molecule has 0 bridgehead atoms. The minimum absolute atomic E-state index is 0.635. The lowest BCUT2D eigenvalue weighted by Crippen LogP contribution is -2.32. The van der Waals surface area contributed by atoms with E-state index < -0.39 is 0 Å². The van der Waals surface area contributed by atoms with Crippen LogP contribution in [-0.4, -0.2) is 37.6 Å². The SMILES string of the molecule is C#CCNCCN(CC=C)CC=C. The number of rotatable bonds is 8. The zero-order chi connectivity index (χ0) is 9.94. The quantitative estimate of drug-likeness (QED) is 0.337. The summed E-state index contributed by atoms with van der Waals surface area (Å²) >= 11 is 0. The molecule has 0 rings (SSSR count). The Balaban J connectivity index is 3.50. The van der Waals surface area contributed by atoms with Gasteiger partial charge in [-0.25, -0.2) is 0 Å². The molecule has 0 heterocycles. The predicted molar refractivity (Wildman–Crippen MR) is 58.5 cm³/mol. The number of nitrogens with zero attached hydrogens (tertiary/aromatic N) is 1. The van der Waals surface area contributed by atoms with E-state index in [1.165, 1.54) is 0 Å². The summed E-state index contributed by atoms with van der Waals surface area (Å²) < 4.78 is 0. The van der Waals surface area contributed by atoms with E-state index in [-0.39, 0.29) is 0 Å². The first-order valence-electron chi connectivity index (χ1n) is 4.43. The number of hydrogen-bond acceptors (Lipinski definition) is 2. The van der Waals surface area contributed by atoms with E-state index in [1.807, 2.05) is 12.2 Å². The van der Waals surface area contributed by atoms with Crippen molar-refractivity contribution in [3.63, 3.8) is 0 Å². The standard InChI is InChI=1S/C11H18N2/c1-4-7-12-8-11-13(9-5-2)10-6-3/h1,5-6,12H,2-3,7-11H2. The zero-order valence-electron chi connectivity index (χ0n) is 8.13. The van der Waals surface area contributed by atoms with Crippen LogP contribution in [0.25, 0.3) is 0 Å². The maximum Gasteiger partial charge on any atom is 0.0574 e. The van der Waals surface area contributed by atoms with Gasteiger partial charge in [0.1, 0.15) is 0 Å². The molecular weight excluding hydrogens is 160 g/mol. The molecule has 0 spiro atoms. The van der Waals surface area contributed by atoms with Crippen molar-refractivity contribution in [1.82, 2.24) is 10.2 Å². The van der Waals surface area contributed by atoms with Crippen LogP contribution in [0.3, 0.4) is 0 Å². The van der Waals surface area contributed by atoms with Gasteiger partial charge in [-0.1, -0.05) is 18.1 Å². The molecule has 0 atom stereocenters. The van der Waals surface area contributed by atoms with Gasteiger partial charge in [0.15, 0.2) is 0 Å². The Kier molecular flexibility index (Phi) is 8.33. The molecule has 0 aromatic carbocycles. The summed E-state index contributed by atoms with van der Waals surface area (Å²) in [6, 6.07) is 0. The van der Waals surface area contributed by atoms with Crippen molar-refractivity contribution in [3.8, 4) is 12.3 Å². The van der Waals surface area contributed by atoms with Crippen molar-refractivity contribution in [2.45, 2.75) is 0 Å². The molecule has 0 aliphatic heterocycles. The molecule has 72 valence electrons. The van der Waals surface area contributed by atoms with Crippen LogP contribution in [0.5, 0.6) is 0 Å². The molecule has 0 aromatic rings. The monoisotopic (exact) mass is 178 g/mol. The largest absolute Gasteiger partial charge is 0.305 e. The summed E-state index contributed by atoms with van der Waals surface area (Å²) in [4.78, 5) is 2.24. The fourth-order valence-corrected chi connectivity index (χ4v) is 1.02. The lowest BCUT2D eigenvalue weighted by molar-refractivity contribution is 0.335. The molecule has 0 amide bonds. The van der Waals surface area contributed by atoms with E-state index in [4.69, 9.17) is 6.42 Å². The fourth-order valence-electron chi connectivity index (χ4n) is 1.02. The first-order chi connectivity index (χ1) is 6.35. The van der Waals surface area contributed by atoms with Crippen molar-refractivity contribution in [2.24, 2.45) is 0 Å². The summed E-state index contributed by atoms with van der Waals surface area (Å²) in [5.74, 6) is 2.54. The average molecular weight is 178 g/mol. The lowest BCUT2D eigenvalue weighted by atomic mass is 10.4. The normalized spacial score (nSPS) is 9.54. The summed E-state index contributed by atoms with van der Waals surface area (Å²) in [5.41, 5.74) is 0. The topological polar surface area (TPSA) is 15.3 Å². The second-order valence-corrected chi connectivity index (χ2v) is 2.72. The predicted octanol–water partition coefficient (Wildman–Crippen LogP) is 0.883. The molecule has 1 N–H and O–H groups in total. The van der Waals surface area contributed by atoms with E-state index in [1.54, 1.807) is 0 Å². The molecule has 0 fully saturated rings. The third-order valence-corrected chi connectivity index (χ3v) is 1.61. The third-order valence-electron chi connectivity index (χ3n) is 1.61. The molecule has 0 aromatic heterocycles. The van der Waals surface area contributed by atoms with Gasteiger partial charge in [-0.2, -0.15) is 0 Å². The van der Waals surface area contributed by atoms with Crippen LogP contribution in [0.2, 0.25) is 0 Å². The maximum absolute atomic E-state index is 5.10. The molecule has 0 aliphatic carbocycles. The molecular formula is C11H18N2. The highest BCUT2D eigenvalue weighted by Gasteiger charge is 1.98. The summed E-state index contributed by atoms with van der Waals surface area (Å²) in [6.07, 6.45) is 8.89. The third kappa shape index (κ3) is 7.32. The Morgan fingerprint density at radius 2 is 1.92 bits per heavy atom. The van der Waals surface area contributed by atoms with Crippen molar-refractivity contribution in [1.29, 1.82) is 0 Å². The Labute approximate surface area is 81.3 Å². The molecule has 0 unspecified atom stereocenters. The molecule has 0 radical (unpaired) electrons. The van der Waals surface area contributed by atoms with E-state index in [0.717, 1.165) is 26.2 Å². The van der Waals surface area contributed by atoms with Gasteiger partial charge in [0, 0.05) is 26.2 Å². The van der Waals surface area contributed by atoms with E-state index in [9.17, 15) is 0 Å².